The normalized spacial score (nSPS) is 29.9. The van der Waals surface area contributed by atoms with Gasteiger partial charge in [0.05, 0.1) is 5.75 Å². The molecule has 0 aromatic heterocycles. The van der Waals surface area contributed by atoms with Crippen LogP contribution >= 0.6 is 11.8 Å². The monoisotopic (exact) mass is 267 g/mol. The maximum atomic E-state index is 11.1. The second-order valence-electron chi connectivity index (χ2n) is 6.00. The summed E-state index contributed by atoms with van der Waals surface area (Å²) in [5.74, 6) is 1.000. The molecular formula is C13H21N3OS. The Morgan fingerprint density at radius 3 is 2.67 bits per heavy atom. The summed E-state index contributed by atoms with van der Waals surface area (Å²) in [6.07, 6.45) is 4.73. The molecule has 0 radical (unpaired) electrons. The summed E-state index contributed by atoms with van der Waals surface area (Å²) in [7, 11) is 0. The lowest BCUT2D eigenvalue weighted by Crippen LogP contribution is -2.31. The molecule has 0 aromatic carbocycles. The minimum atomic E-state index is 0.0231. The number of nitrogens with one attached hydrogen (secondary N) is 1. The van der Waals surface area contributed by atoms with Gasteiger partial charge in [-0.3, -0.25) is 4.79 Å². The second kappa shape index (κ2) is 5.43. The van der Waals surface area contributed by atoms with E-state index in [9.17, 15) is 4.79 Å². The summed E-state index contributed by atoms with van der Waals surface area (Å²) in [6, 6.07) is 0. The predicted molar refractivity (Wildman–Crippen MR) is 76.9 cm³/mol. The summed E-state index contributed by atoms with van der Waals surface area (Å²) >= 11 is 1.43. The average molecular weight is 267 g/mol. The number of hydrogen-bond acceptors (Lipinski definition) is 4. The number of carbonyl (C=O) groups is 1. The maximum Gasteiger partial charge on any atom is 0.236 e. The van der Waals surface area contributed by atoms with Crippen LogP contribution in [-0.4, -0.2) is 22.5 Å². The molecule has 100 valence electrons. The molecule has 4 nitrogen and oxygen atoms in total. The van der Waals surface area contributed by atoms with E-state index in [0.717, 1.165) is 6.42 Å². The Kier molecular flexibility index (Phi) is 4.10. The van der Waals surface area contributed by atoms with Crippen molar-refractivity contribution in [3.05, 3.63) is 0 Å². The first-order valence-corrected chi connectivity index (χ1v) is 7.52. The fourth-order valence-electron chi connectivity index (χ4n) is 2.54. The first-order valence-electron chi connectivity index (χ1n) is 6.54. The Hall–Kier alpha value is -0.840. The summed E-state index contributed by atoms with van der Waals surface area (Å²) < 4.78 is 0. The fourth-order valence-corrected chi connectivity index (χ4v) is 3.16. The molecule has 2 aliphatic rings. The van der Waals surface area contributed by atoms with Crippen LogP contribution in [0.5, 0.6) is 0 Å². The number of rotatable bonds is 1. The number of carbonyl (C=O) groups excluding carboxylic acids is 1. The van der Waals surface area contributed by atoms with Crippen molar-refractivity contribution in [2.24, 2.45) is 21.5 Å². The molecule has 18 heavy (non-hydrogen) atoms. The Labute approximate surface area is 113 Å². The molecule has 1 saturated heterocycles. The highest BCUT2D eigenvalue weighted by atomic mass is 32.2. The molecular weight excluding hydrogens is 246 g/mol. The van der Waals surface area contributed by atoms with E-state index < -0.39 is 0 Å². The topological polar surface area (TPSA) is 53.8 Å². The van der Waals surface area contributed by atoms with E-state index >= 15 is 0 Å². The average Bonchev–Trinajstić information content (AvgIpc) is 2.72. The van der Waals surface area contributed by atoms with Crippen LogP contribution in [0.3, 0.4) is 0 Å². The minimum absolute atomic E-state index is 0.0231. The molecule has 1 heterocycles. The van der Waals surface area contributed by atoms with Crippen molar-refractivity contribution in [2.45, 2.75) is 46.5 Å². The van der Waals surface area contributed by atoms with Gasteiger partial charge in [0.25, 0.3) is 0 Å². The van der Waals surface area contributed by atoms with E-state index in [-0.39, 0.29) is 11.3 Å². The third kappa shape index (κ3) is 3.34. The van der Waals surface area contributed by atoms with E-state index in [4.69, 9.17) is 0 Å². The van der Waals surface area contributed by atoms with Crippen molar-refractivity contribution in [1.29, 1.82) is 0 Å². The lowest BCUT2D eigenvalue weighted by molar-refractivity contribution is -0.116. The van der Waals surface area contributed by atoms with E-state index in [1.807, 2.05) is 0 Å². The summed E-state index contributed by atoms with van der Waals surface area (Å²) in [5.41, 5.74) is 1.44. The molecule has 0 spiro atoms. The van der Waals surface area contributed by atoms with Crippen molar-refractivity contribution in [2.75, 3.05) is 5.75 Å². The van der Waals surface area contributed by atoms with Crippen molar-refractivity contribution < 1.29 is 4.79 Å². The number of hydrogen-bond donors (Lipinski definition) is 1. The maximum absolute atomic E-state index is 11.1. The first kappa shape index (κ1) is 13.6. The quantitative estimate of drug-likeness (QED) is 0.743. The van der Waals surface area contributed by atoms with E-state index in [2.05, 4.69) is 36.3 Å². The van der Waals surface area contributed by atoms with Gasteiger partial charge in [-0.15, -0.1) is 5.10 Å². The van der Waals surface area contributed by atoms with Crippen molar-refractivity contribution in [1.82, 2.24) is 5.32 Å². The van der Waals surface area contributed by atoms with Gasteiger partial charge in [-0.25, -0.2) is 0 Å². The summed E-state index contributed by atoms with van der Waals surface area (Å²) in [4.78, 5) is 11.1. The number of amidine groups is 1. The van der Waals surface area contributed by atoms with Gasteiger partial charge in [-0.05, 0) is 24.7 Å². The summed E-state index contributed by atoms with van der Waals surface area (Å²) in [6.45, 7) is 6.78. The summed E-state index contributed by atoms with van der Waals surface area (Å²) in [5, 5.41) is 12.0. The molecule has 2 fully saturated rings. The number of nitrogens with zero attached hydrogens (tertiary/aromatic N) is 2. The van der Waals surface area contributed by atoms with Crippen LogP contribution in [0, 0.1) is 11.3 Å². The van der Waals surface area contributed by atoms with Crippen LogP contribution in [0.15, 0.2) is 10.2 Å². The zero-order valence-electron chi connectivity index (χ0n) is 11.3. The number of thioether (sulfide) groups is 1. The molecule has 0 aromatic rings. The van der Waals surface area contributed by atoms with Crippen molar-refractivity contribution in [3.63, 3.8) is 0 Å². The van der Waals surface area contributed by atoms with Gasteiger partial charge in [-0.2, -0.15) is 5.10 Å². The van der Waals surface area contributed by atoms with Gasteiger partial charge >= 0.3 is 0 Å². The van der Waals surface area contributed by atoms with Crippen LogP contribution in [0.4, 0.5) is 0 Å². The van der Waals surface area contributed by atoms with Gasteiger partial charge in [0.2, 0.25) is 5.91 Å². The van der Waals surface area contributed by atoms with E-state index in [0.29, 0.717) is 16.8 Å². The largest absolute Gasteiger partial charge is 0.303 e. The van der Waals surface area contributed by atoms with Crippen molar-refractivity contribution in [3.8, 4) is 0 Å². The Bertz CT molecular complexity index is 396. The standard InChI is InChI=1S/C13H21N3OS/c1-13(2,3)9-6-4-5-7-10(9)15-16-12-14-11(17)8-18-12/h9H,4-8H2,1-3H3,(H,14,16,17)/b15-10-. The van der Waals surface area contributed by atoms with Gasteiger partial charge in [0.15, 0.2) is 5.17 Å². The Morgan fingerprint density at radius 2 is 2.06 bits per heavy atom. The second-order valence-corrected chi connectivity index (χ2v) is 6.96. The van der Waals surface area contributed by atoms with E-state index in [1.54, 1.807) is 0 Å². The Balaban J connectivity index is 2.11. The van der Waals surface area contributed by atoms with Gasteiger partial charge in [-0.1, -0.05) is 39.0 Å². The van der Waals surface area contributed by atoms with Gasteiger partial charge in [0, 0.05) is 11.6 Å². The van der Waals surface area contributed by atoms with Crippen LogP contribution in [0.25, 0.3) is 0 Å². The van der Waals surface area contributed by atoms with Crippen LogP contribution in [0.1, 0.15) is 46.5 Å². The predicted octanol–water partition coefficient (Wildman–Crippen LogP) is 2.80. The highest BCUT2D eigenvalue weighted by Gasteiger charge is 2.31. The van der Waals surface area contributed by atoms with Crippen LogP contribution < -0.4 is 5.32 Å². The molecule has 0 bridgehead atoms. The first-order chi connectivity index (χ1) is 8.47. The third-order valence-electron chi connectivity index (χ3n) is 3.48. The molecule has 1 atom stereocenters. The molecule has 1 aliphatic carbocycles. The lowest BCUT2D eigenvalue weighted by atomic mass is 9.71. The fraction of sp³-hybridized carbons (Fsp3) is 0.769. The minimum Gasteiger partial charge on any atom is -0.303 e. The van der Waals surface area contributed by atoms with Crippen LogP contribution in [-0.2, 0) is 4.79 Å². The molecule has 1 aliphatic heterocycles. The van der Waals surface area contributed by atoms with Gasteiger partial charge < -0.3 is 5.32 Å². The highest BCUT2D eigenvalue weighted by molar-refractivity contribution is 8.15. The molecule has 1 unspecified atom stereocenters. The lowest BCUT2D eigenvalue weighted by Gasteiger charge is -2.34. The van der Waals surface area contributed by atoms with Gasteiger partial charge in [0.1, 0.15) is 0 Å². The molecule has 1 amide bonds. The molecule has 2 rings (SSSR count). The third-order valence-corrected chi connectivity index (χ3v) is 4.34. The zero-order chi connectivity index (χ0) is 13.2. The van der Waals surface area contributed by atoms with Crippen molar-refractivity contribution >= 4 is 28.5 Å². The molecule has 1 saturated carbocycles. The smallest absolute Gasteiger partial charge is 0.236 e. The SMILES string of the molecule is CC(C)(C)C1CCCC/C1=N/N=C1\NC(=O)CS1. The molecule has 5 heteroatoms. The zero-order valence-corrected chi connectivity index (χ0v) is 12.1. The highest BCUT2D eigenvalue weighted by Crippen LogP contribution is 2.36. The number of amides is 1. The Morgan fingerprint density at radius 1 is 1.28 bits per heavy atom. The van der Waals surface area contributed by atoms with E-state index in [1.165, 1.54) is 36.7 Å². The van der Waals surface area contributed by atoms with Crippen LogP contribution in [0.2, 0.25) is 0 Å². The molecule has 1 N–H and O–H groups in total.